The van der Waals surface area contributed by atoms with Crippen molar-refractivity contribution in [3.63, 3.8) is 0 Å². The van der Waals surface area contributed by atoms with E-state index in [9.17, 15) is 0 Å². The van der Waals surface area contributed by atoms with Crippen molar-refractivity contribution in [2.24, 2.45) is 0 Å². The predicted molar refractivity (Wildman–Crippen MR) is 195 cm³/mol. The highest BCUT2D eigenvalue weighted by molar-refractivity contribution is 6.05. The fourth-order valence-electron chi connectivity index (χ4n) is 7.41. The molecule has 0 atom stereocenters. The summed E-state index contributed by atoms with van der Waals surface area (Å²) in [5, 5.41) is 4.81. The number of aromatic nitrogens is 3. The molecule has 218 valence electrons. The predicted octanol–water partition coefficient (Wildman–Crippen LogP) is 11.4. The topological polar surface area (TPSA) is 30.7 Å². The van der Waals surface area contributed by atoms with Crippen LogP contribution in [0.25, 0.3) is 94.3 Å². The molecular formula is C44H27N3. The number of pyridine rings is 1. The minimum atomic E-state index is 0.934. The third kappa shape index (κ3) is 3.93. The number of imidazole rings is 1. The lowest BCUT2D eigenvalue weighted by Crippen LogP contribution is -1.99. The van der Waals surface area contributed by atoms with E-state index in [4.69, 9.17) is 9.97 Å². The van der Waals surface area contributed by atoms with Crippen LogP contribution in [0.15, 0.2) is 164 Å². The van der Waals surface area contributed by atoms with E-state index in [1.54, 1.807) is 0 Å². The SMILES string of the molecule is c1ccc2c(c1)-c1ccccc1-n1c(-c3ccc(-c4ncc(-c5ccc6ccccc6c5)c5ccccc45)cc3)nc3cccc-2c31. The van der Waals surface area contributed by atoms with E-state index in [0.29, 0.717) is 0 Å². The maximum Gasteiger partial charge on any atom is 0.145 e. The number of fused-ring (bicyclic) bond motifs is 7. The molecule has 3 heterocycles. The molecule has 0 saturated heterocycles. The molecule has 1 aliphatic rings. The van der Waals surface area contributed by atoms with Gasteiger partial charge in [0.1, 0.15) is 5.82 Å². The van der Waals surface area contributed by atoms with Crippen molar-refractivity contribution in [3.05, 3.63) is 164 Å². The van der Waals surface area contributed by atoms with Gasteiger partial charge in [0.25, 0.3) is 0 Å². The molecule has 0 amide bonds. The first-order valence-electron chi connectivity index (χ1n) is 16.0. The van der Waals surface area contributed by atoms with E-state index in [1.807, 2.05) is 6.20 Å². The molecule has 7 aromatic carbocycles. The Bertz CT molecular complexity index is 2680. The average Bonchev–Trinajstić information content (AvgIpc) is 3.48. The van der Waals surface area contributed by atoms with Crippen LogP contribution < -0.4 is 0 Å². The molecule has 0 bridgehead atoms. The standard InChI is InChI=1S/C44H27N3/c1-2-11-31-26-32(25-20-28(31)10-1)39-27-45-42(37-16-6-5-14-35(37)39)29-21-23-30(24-22-29)44-46-40-18-9-17-38-34-13-4-3-12-33(34)36-15-7-8-19-41(36)47(44)43(38)40/h1-27H. The van der Waals surface area contributed by atoms with E-state index >= 15 is 0 Å². The minimum Gasteiger partial charge on any atom is -0.291 e. The van der Waals surface area contributed by atoms with Crippen LogP contribution in [-0.4, -0.2) is 14.5 Å². The number of rotatable bonds is 3. The molecule has 0 aliphatic carbocycles. The third-order valence-corrected chi connectivity index (χ3v) is 9.60. The van der Waals surface area contributed by atoms with Gasteiger partial charge in [0, 0.05) is 39.4 Å². The number of hydrogen-bond donors (Lipinski definition) is 0. The van der Waals surface area contributed by atoms with Gasteiger partial charge in [-0.2, -0.15) is 0 Å². The molecule has 10 rings (SSSR count). The van der Waals surface area contributed by atoms with Crippen LogP contribution >= 0.6 is 0 Å². The van der Waals surface area contributed by atoms with Crippen LogP contribution in [0.3, 0.4) is 0 Å². The summed E-state index contributed by atoms with van der Waals surface area (Å²) >= 11 is 0. The summed E-state index contributed by atoms with van der Waals surface area (Å²) in [6.07, 6.45) is 2.03. The Morgan fingerprint density at radius 2 is 1.06 bits per heavy atom. The number of hydrogen-bond acceptors (Lipinski definition) is 2. The minimum absolute atomic E-state index is 0.934. The number of nitrogens with zero attached hydrogens (tertiary/aromatic N) is 3. The molecule has 0 N–H and O–H groups in total. The molecule has 2 aromatic heterocycles. The molecule has 3 nitrogen and oxygen atoms in total. The maximum absolute atomic E-state index is 5.23. The Labute approximate surface area is 272 Å². The quantitative estimate of drug-likeness (QED) is 0.203. The first kappa shape index (κ1) is 26.0. The summed E-state index contributed by atoms with van der Waals surface area (Å²) in [7, 11) is 0. The second-order valence-corrected chi connectivity index (χ2v) is 12.2. The van der Waals surface area contributed by atoms with Crippen LogP contribution in [0, 0.1) is 0 Å². The van der Waals surface area contributed by atoms with Gasteiger partial charge in [0.2, 0.25) is 0 Å². The van der Waals surface area contributed by atoms with Crippen LogP contribution in [0.2, 0.25) is 0 Å². The van der Waals surface area contributed by atoms with E-state index in [2.05, 4.69) is 162 Å². The Kier molecular flexibility index (Phi) is 5.57. The van der Waals surface area contributed by atoms with Crippen molar-refractivity contribution in [2.75, 3.05) is 0 Å². The molecule has 0 unspecified atom stereocenters. The molecule has 1 aliphatic heterocycles. The third-order valence-electron chi connectivity index (χ3n) is 9.60. The van der Waals surface area contributed by atoms with Crippen LogP contribution in [0.4, 0.5) is 0 Å². The zero-order chi connectivity index (χ0) is 30.9. The average molecular weight is 598 g/mol. The Morgan fingerprint density at radius 3 is 1.91 bits per heavy atom. The highest BCUT2D eigenvalue weighted by Gasteiger charge is 2.25. The highest BCUT2D eigenvalue weighted by Crippen LogP contribution is 2.45. The van der Waals surface area contributed by atoms with E-state index in [-0.39, 0.29) is 0 Å². The van der Waals surface area contributed by atoms with Crippen LogP contribution in [-0.2, 0) is 0 Å². The molecule has 47 heavy (non-hydrogen) atoms. The van der Waals surface area contributed by atoms with Gasteiger partial charge in [0.15, 0.2) is 0 Å². The summed E-state index contributed by atoms with van der Waals surface area (Å²) in [5.41, 5.74) is 13.6. The second kappa shape index (κ2) is 10.1. The van der Waals surface area contributed by atoms with Gasteiger partial charge in [-0.15, -0.1) is 0 Å². The van der Waals surface area contributed by atoms with Gasteiger partial charge in [-0.1, -0.05) is 140 Å². The van der Waals surface area contributed by atoms with Gasteiger partial charge in [-0.05, 0) is 51.0 Å². The second-order valence-electron chi connectivity index (χ2n) is 12.2. The van der Waals surface area contributed by atoms with Crippen molar-refractivity contribution in [1.82, 2.24) is 14.5 Å². The van der Waals surface area contributed by atoms with Crippen molar-refractivity contribution in [1.29, 1.82) is 0 Å². The van der Waals surface area contributed by atoms with Crippen molar-refractivity contribution in [3.8, 4) is 61.7 Å². The molecule has 0 fully saturated rings. The first-order valence-corrected chi connectivity index (χ1v) is 16.0. The smallest absolute Gasteiger partial charge is 0.145 e. The summed E-state index contributed by atoms with van der Waals surface area (Å²) < 4.78 is 2.35. The summed E-state index contributed by atoms with van der Waals surface area (Å²) in [4.78, 5) is 10.3. The van der Waals surface area contributed by atoms with E-state index in [1.165, 1.54) is 44.0 Å². The van der Waals surface area contributed by atoms with Crippen LogP contribution in [0.1, 0.15) is 0 Å². The normalized spacial score (nSPS) is 11.8. The monoisotopic (exact) mass is 597 g/mol. The largest absolute Gasteiger partial charge is 0.291 e. The summed E-state index contributed by atoms with van der Waals surface area (Å²) in [5.74, 6) is 0.934. The number of benzene rings is 7. The van der Waals surface area contributed by atoms with Gasteiger partial charge in [-0.25, -0.2) is 4.98 Å². The number of para-hydroxylation sites is 2. The zero-order valence-electron chi connectivity index (χ0n) is 25.4. The molecule has 0 spiro atoms. The van der Waals surface area contributed by atoms with Gasteiger partial charge < -0.3 is 0 Å². The molecule has 3 heteroatoms. The Balaban J connectivity index is 1.12. The van der Waals surface area contributed by atoms with Gasteiger partial charge in [-0.3, -0.25) is 9.55 Å². The van der Waals surface area contributed by atoms with E-state index < -0.39 is 0 Å². The maximum atomic E-state index is 5.23. The van der Waals surface area contributed by atoms with Gasteiger partial charge in [0.05, 0.1) is 22.4 Å². The van der Waals surface area contributed by atoms with Crippen molar-refractivity contribution in [2.45, 2.75) is 0 Å². The summed E-state index contributed by atoms with van der Waals surface area (Å²) in [6, 6.07) is 56.3. The fourth-order valence-corrected chi connectivity index (χ4v) is 7.41. The molecule has 9 aromatic rings. The summed E-state index contributed by atoms with van der Waals surface area (Å²) in [6.45, 7) is 0. The Hall–Kier alpha value is -6.32. The molecular weight excluding hydrogens is 571 g/mol. The lowest BCUT2D eigenvalue weighted by molar-refractivity contribution is 1.11. The van der Waals surface area contributed by atoms with Gasteiger partial charge >= 0.3 is 0 Å². The lowest BCUT2D eigenvalue weighted by atomic mass is 9.94. The lowest BCUT2D eigenvalue weighted by Gasteiger charge is -2.14. The van der Waals surface area contributed by atoms with E-state index in [0.717, 1.165) is 50.3 Å². The van der Waals surface area contributed by atoms with Crippen LogP contribution in [0.5, 0.6) is 0 Å². The molecule has 0 radical (unpaired) electrons. The van der Waals surface area contributed by atoms with Crippen molar-refractivity contribution < 1.29 is 0 Å². The first-order chi connectivity index (χ1) is 23.3. The van der Waals surface area contributed by atoms with Crippen molar-refractivity contribution >= 4 is 32.6 Å². The zero-order valence-corrected chi connectivity index (χ0v) is 25.4. The highest BCUT2D eigenvalue weighted by atomic mass is 15.1. The fraction of sp³-hybridized carbons (Fsp3) is 0. The Morgan fingerprint density at radius 1 is 0.426 bits per heavy atom. The molecule has 0 saturated carbocycles.